The molecule has 2 aromatic heterocycles. The van der Waals surface area contributed by atoms with Gasteiger partial charge >= 0.3 is 0 Å². The molecular weight excluding hydrogens is 311 g/mol. The third-order valence-electron chi connectivity index (χ3n) is 2.96. The zero-order valence-electron chi connectivity index (χ0n) is 12.1. The smallest absolute Gasteiger partial charge is 0.240 e. The van der Waals surface area contributed by atoms with E-state index in [1.807, 2.05) is 0 Å². The third-order valence-corrected chi connectivity index (χ3v) is 3.35. The van der Waals surface area contributed by atoms with Gasteiger partial charge in [0.25, 0.3) is 0 Å². The highest BCUT2D eigenvalue weighted by molar-refractivity contribution is 6.31. The lowest BCUT2D eigenvalue weighted by Crippen LogP contribution is -2.31. The topological polar surface area (TPSA) is 59.8 Å². The van der Waals surface area contributed by atoms with Gasteiger partial charge in [0, 0.05) is 25.0 Å². The first-order chi connectivity index (χ1) is 10.0. The molecule has 0 aliphatic rings. The van der Waals surface area contributed by atoms with Crippen molar-refractivity contribution in [3.05, 3.63) is 23.1 Å². The first-order valence-corrected chi connectivity index (χ1v) is 7.75. The fraction of sp³-hybridized carbons (Fsp3) is 0.500. The Labute approximate surface area is 133 Å². The lowest BCUT2D eigenvalue weighted by Gasteiger charge is -2.10. The number of alkyl halides is 1. The maximum atomic E-state index is 12.0. The van der Waals surface area contributed by atoms with E-state index < -0.39 is 0 Å². The number of nitrogens with one attached hydrogen (secondary N) is 1. The largest absolute Gasteiger partial charge is 0.354 e. The van der Waals surface area contributed by atoms with Gasteiger partial charge in [0.15, 0.2) is 5.65 Å². The summed E-state index contributed by atoms with van der Waals surface area (Å²) in [5.74, 6) is 1.53. The Balaban J connectivity index is 2.27. The van der Waals surface area contributed by atoms with Gasteiger partial charge in [-0.1, -0.05) is 25.4 Å². The molecule has 0 spiro atoms. The van der Waals surface area contributed by atoms with Crippen LogP contribution in [0.1, 0.15) is 19.7 Å². The standard InChI is InChI=1S/C14H18Cl2N4O/c1-9(2)6-17-13(21)8-20-12(3-4-15)19-11-5-10(16)7-18-14(11)20/h5,7,9H,3-4,6,8H2,1-2H3,(H,17,21). The second-order valence-electron chi connectivity index (χ2n) is 5.25. The molecule has 0 radical (unpaired) electrons. The summed E-state index contributed by atoms with van der Waals surface area (Å²) >= 11 is 11.7. The molecule has 7 heteroatoms. The van der Waals surface area contributed by atoms with Gasteiger partial charge in [-0.05, 0) is 12.0 Å². The van der Waals surface area contributed by atoms with E-state index in [0.717, 1.165) is 5.82 Å². The van der Waals surface area contributed by atoms with Crippen molar-refractivity contribution in [2.75, 3.05) is 12.4 Å². The van der Waals surface area contributed by atoms with Crippen molar-refractivity contribution in [2.45, 2.75) is 26.8 Å². The van der Waals surface area contributed by atoms with Gasteiger partial charge in [0.2, 0.25) is 5.91 Å². The molecule has 2 aromatic rings. The van der Waals surface area contributed by atoms with Crippen LogP contribution >= 0.6 is 23.2 Å². The summed E-state index contributed by atoms with van der Waals surface area (Å²) in [5, 5.41) is 3.41. The molecule has 1 N–H and O–H groups in total. The molecule has 0 atom stereocenters. The predicted molar refractivity (Wildman–Crippen MR) is 84.8 cm³/mol. The molecule has 0 fully saturated rings. The first-order valence-electron chi connectivity index (χ1n) is 6.84. The molecule has 0 bridgehead atoms. The molecule has 1 amide bonds. The maximum Gasteiger partial charge on any atom is 0.240 e. The Morgan fingerprint density at radius 3 is 2.90 bits per heavy atom. The van der Waals surface area contributed by atoms with Crippen LogP contribution in [-0.2, 0) is 17.8 Å². The second-order valence-corrected chi connectivity index (χ2v) is 6.06. The highest BCUT2D eigenvalue weighted by Crippen LogP contribution is 2.18. The molecule has 0 unspecified atom stereocenters. The van der Waals surface area contributed by atoms with Gasteiger partial charge < -0.3 is 9.88 Å². The average Bonchev–Trinajstić information content (AvgIpc) is 2.74. The number of halogens is 2. The molecule has 0 aliphatic heterocycles. The number of imidazole rings is 1. The second kappa shape index (κ2) is 7.09. The van der Waals surface area contributed by atoms with Crippen molar-refractivity contribution in [3.8, 4) is 0 Å². The number of fused-ring (bicyclic) bond motifs is 1. The van der Waals surface area contributed by atoms with E-state index in [2.05, 4.69) is 29.1 Å². The zero-order valence-corrected chi connectivity index (χ0v) is 13.6. The van der Waals surface area contributed by atoms with E-state index in [-0.39, 0.29) is 12.5 Å². The number of rotatable bonds is 6. The van der Waals surface area contributed by atoms with Gasteiger partial charge in [0.05, 0.1) is 5.02 Å². The van der Waals surface area contributed by atoms with Crippen molar-refractivity contribution < 1.29 is 4.79 Å². The van der Waals surface area contributed by atoms with Crippen molar-refractivity contribution in [3.63, 3.8) is 0 Å². The number of aryl methyl sites for hydroxylation is 1. The summed E-state index contributed by atoms with van der Waals surface area (Å²) in [4.78, 5) is 20.8. The van der Waals surface area contributed by atoms with Crippen LogP contribution in [0.5, 0.6) is 0 Å². The molecular formula is C14H18Cl2N4O. The molecule has 0 aromatic carbocycles. The van der Waals surface area contributed by atoms with Crippen LogP contribution in [0.4, 0.5) is 0 Å². The predicted octanol–water partition coefficient (Wildman–Crippen LogP) is 2.64. The summed E-state index contributed by atoms with van der Waals surface area (Å²) in [7, 11) is 0. The highest BCUT2D eigenvalue weighted by Gasteiger charge is 2.15. The number of hydrogen-bond donors (Lipinski definition) is 1. The lowest BCUT2D eigenvalue weighted by atomic mass is 10.2. The van der Waals surface area contributed by atoms with Crippen LogP contribution in [0, 0.1) is 5.92 Å². The summed E-state index contributed by atoms with van der Waals surface area (Å²) in [5.41, 5.74) is 1.33. The molecule has 114 valence electrons. The zero-order chi connectivity index (χ0) is 15.4. The molecule has 2 rings (SSSR count). The molecule has 0 aliphatic carbocycles. The van der Waals surface area contributed by atoms with Crippen molar-refractivity contribution in [1.29, 1.82) is 0 Å². The number of nitrogens with zero attached hydrogens (tertiary/aromatic N) is 3. The van der Waals surface area contributed by atoms with Crippen LogP contribution in [0.25, 0.3) is 11.2 Å². The van der Waals surface area contributed by atoms with Gasteiger partial charge in [-0.2, -0.15) is 0 Å². The fourth-order valence-corrected chi connectivity index (χ4v) is 2.31. The number of amides is 1. The number of pyridine rings is 1. The Morgan fingerprint density at radius 2 is 2.24 bits per heavy atom. The lowest BCUT2D eigenvalue weighted by molar-refractivity contribution is -0.121. The number of aromatic nitrogens is 3. The van der Waals surface area contributed by atoms with Crippen LogP contribution in [0.2, 0.25) is 5.02 Å². The highest BCUT2D eigenvalue weighted by atomic mass is 35.5. The Bertz CT molecular complexity index is 639. The Kier molecular flexibility index (Phi) is 5.42. The maximum absolute atomic E-state index is 12.0. The molecule has 0 saturated heterocycles. The summed E-state index contributed by atoms with van der Waals surface area (Å²) in [6.07, 6.45) is 2.13. The van der Waals surface area contributed by atoms with E-state index in [1.165, 1.54) is 0 Å². The van der Waals surface area contributed by atoms with Gasteiger partial charge in [-0.15, -0.1) is 11.6 Å². The molecule has 21 heavy (non-hydrogen) atoms. The van der Waals surface area contributed by atoms with Crippen LogP contribution < -0.4 is 5.32 Å². The number of carbonyl (C=O) groups excluding carboxylic acids is 1. The summed E-state index contributed by atoms with van der Waals surface area (Å²) in [6, 6.07) is 1.74. The average molecular weight is 329 g/mol. The molecule has 5 nitrogen and oxygen atoms in total. The van der Waals surface area contributed by atoms with Crippen LogP contribution in [-0.4, -0.2) is 32.9 Å². The van der Waals surface area contributed by atoms with Gasteiger partial charge in [-0.3, -0.25) is 4.79 Å². The molecule has 0 saturated carbocycles. The monoisotopic (exact) mass is 328 g/mol. The fourth-order valence-electron chi connectivity index (χ4n) is 1.99. The molecule has 2 heterocycles. The van der Waals surface area contributed by atoms with Crippen LogP contribution in [0.3, 0.4) is 0 Å². The Morgan fingerprint density at radius 1 is 1.48 bits per heavy atom. The van der Waals surface area contributed by atoms with Crippen molar-refractivity contribution >= 4 is 40.3 Å². The minimum atomic E-state index is -0.0597. The minimum Gasteiger partial charge on any atom is -0.354 e. The Hall–Kier alpha value is -1.33. The normalized spacial score (nSPS) is 11.3. The minimum absolute atomic E-state index is 0.0597. The SMILES string of the molecule is CC(C)CNC(=O)Cn1c(CCCl)nc2cc(Cl)cnc21. The van der Waals surface area contributed by atoms with Crippen LogP contribution in [0.15, 0.2) is 12.3 Å². The van der Waals surface area contributed by atoms with Crippen molar-refractivity contribution in [2.24, 2.45) is 5.92 Å². The van der Waals surface area contributed by atoms with Crippen molar-refractivity contribution in [1.82, 2.24) is 19.9 Å². The van der Waals surface area contributed by atoms with E-state index >= 15 is 0 Å². The van der Waals surface area contributed by atoms with E-state index in [9.17, 15) is 4.79 Å². The van der Waals surface area contributed by atoms with E-state index in [4.69, 9.17) is 23.2 Å². The van der Waals surface area contributed by atoms with E-state index in [0.29, 0.717) is 40.9 Å². The third kappa shape index (κ3) is 4.08. The first kappa shape index (κ1) is 16.0. The number of carbonyl (C=O) groups is 1. The summed E-state index contributed by atoms with van der Waals surface area (Å²) < 4.78 is 1.80. The van der Waals surface area contributed by atoms with Gasteiger partial charge in [-0.25, -0.2) is 9.97 Å². The van der Waals surface area contributed by atoms with Gasteiger partial charge in [0.1, 0.15) is 17.9 Å². The van der Waals surface area contributed by atoms with E-state index in [1.54, 1.807) is 16.8 Å². The number of hydrogen-bond acceptors (Lipinski definition) is 3. The quantitative estimate of drug-likeness (QED) is 0.829. The summed E-state index contributed by atoms with van der Waals surface area (Å²) in [6.45, 7) is 4.93.